The molecule has 1 saturated carbocycles. The number of benzene rings is 2. The van der Waals surface area contributed by atoms with Crippen LogP contribution in [0.4, 0.5) is 26.3 Å². The van der Waals surface area contributed by atoms with Gasteiger partial charge in [-0.1, -0.05) is 24.3 Å². The van der Waals surface area contributed by atoms with Gasteiger partial charge in [0.15, 0.2) is 13.2 Å². The lowest BCUT2D eigenvalue weighted by atomic mass is 9.52. The average molecular weight is 524 g/mol. The SMILES string of the molecule is O=C(OOCC(F)(F)F)C1C(c2ccc(O)cc2)C(C(=O)OOCC(F)(F)F)C1c1ccc(O)cc1. The normalized spacial score (nSPS) is 21.9. The minimum atomic E-state index is -4.81. The molecule has 0 saturated heterocycles. The van der Waals surface area contributed by atoms with Crippen LogP contribution < -0.4 is 0 Å². The predicted octanol–water partition coefficient (Wildman–Crippen LogP) is 4.29. The first-order valence-corrected chi connectivity index (χ1v) is 10.1. The minimum Gasteiger partial charge on any atom is -0.508 e. The number of phenols is 2. The van der Waals surface area contributed by atoms with Gasteiger partial charge < -0.3 is 10.2 Å². The van der Waals surface area contributed by atoms with Crippen LogP contribution in [0, 0.1) is 11.8 Å². The van der Waals surface area contributed by atoms with Gasteiger partial charge in [0, 0.05) is 11.8 Å². The third-order valence-electron chi connectivity index (χ3n) is 5.38. The predicted molar refractivity (Wildman–Crippen MR) is 105 cm³/mol. The van der Waals surface area contributed by atoms with Crippen LogP contribution in [0.15, 0.2) is 48.5 Å². The second-order valence-electron chi connectivity index (χ2n) is 7.85. The number of carbonyl (C=O) groups excluding carboxylic acids is 2. The van der Waals surface area contributed by atoms with E-state index < -0.39 is 61.2 Å². The quantitative estimate of drug-likeness (QED) is 0.299. The molecule has 1 aliphatic rings. The third kappa shape index (κ3) is 6.79. The molecular formula is C22H18F6O8. The van der Waals surface area contributed by atoms with Gasteiger partial charge in [-0.05, 0) is 35.4 Å². The van der Waals surface area contributed by atoms with Crippen molar-refractivity contribution in [1.29, 1.82) is 0 Å². The number of halogens is 6. The Morgan fingerprint density at radius 2 is 0.944 bits per heavy atom. The van der Waals surface area contributed by atoms with Crippen LogP contribution in [0.5, 0.6) is 11.5 Å². The Morgan fingerprint density at radius 1 is 0.639 bits per heavy atom. The van der Waals surface area contributed by atoms with E-state index in [1.165, 1.54) is 48.5 Å². The molecule has 0 radical (unpaired) electrons. The molecule has 2 aromatic carbocycles. The van der Waals surface area contributed by atoms with Crippen molar-refractivity contribution in [3.8, 4) is 11.5 Å². The summed E-state index contributed by atoms with van der Waals surface area (Å²) in [5, 5.41) is 19.1. The van der Waals surface area contributed by atoms with Gasteiger partial charge in [-0.15, -0.1) is 0 Å². The molecule has 0 aliphatic heterocycles. The molecule has 2 N–H and O–H groups in total. The number of carbonyl (C=O) groups is 2. The zero-order valence-corrected chi connectivity index (χ0v) is 18.0. The fourth-order valence-electron chi connectivity index (χ4n) is 3.98. The van der Waals surface area contributed by atoms with Gasteiger partial charge in [0.2, 0.25) is 0 Å². The molecule has 0 unspecified atom stereocenters. The molecule has 0 heterocycles. The lowest BCUT2D eigenvalue weighted by Crippen LogP contribution is -2.52. The van der Waals surface area contributed by atoms with E-state index >= 15 is 0 Å². The van der Waals surface area contributed by atoms with Crippen molar-refractivity contribution in [2.45, 2.75) is 24.2 Å². The summed E-state index contributed by atoms with van der Waals surface area (Å²) in [7, 11) is 0. The largest absolute Gasteiger partial charge is 0.508 e. The van der Waals surface area contributed by atoms with Crippen LogP contribution in [0.3, 0.4) is 0 Å². The highest BCUT2D eigenvalue weighted by Crippen LogP contribution is 2.58. The van der Waals surface area contributed by atoms with E-state index in [2.05, 4.69) is 19.6 Å². The summed E-state index contributed by atoms with van der Waals surface area (Å²) in [4.78, 5) is 42.2. The van der Waals surface area contributed by atoms with Crippen LogP contribution >= 0.6 is 0 Å². The van der Waals surface area contributed by atoms with Gasteiger partial charge in [-0.3, -0.25) is 9.78 Å². The Morgan fingerprint density at radius 3 is 1.22 bits per heavy atom. The molecule has 0 amide bonds. The standard InChI is InChI=1S/C22H18F6O8/c23-21(24,25)9-33-35-19(31)17-15(11-1-5-13(29)6-2-11)18(20(32)36-34-10-22(26,27)28)16(17)12-3-7-14(30)8-4-12/h1-8,15-18,29-30H,9-10H2. The first-order valence-electron chi connectivity index (χ1n) is 10.1. The maximum atomic E-state index is 12.8. The fourth-order valence-corrected chi connectivity index (χ4v) is 3.98. The van der Waals surface area contributed by atoms with Gasteiger partial charge in [0.05, 0.1) is 11.8 Å². The van der Waals surface area contributed by atoms with Crippen molar-refractivity contribution in [2.24, 2.45) is 11.8 Å². The topological polar surface area (TPSA) is 112 Å². The smallest absolute Gasteiger partial charge is 0.415 e. The summed E-state index contributed by atoms with van der Waals surface area (Å²) in [5.74, 6) is -8.05. The molecular weight excluding hydrogens is 506 g/mol. The van der Waals surface area contributed by atoms with Crippen molar-refractivity contribution in [3.05, 3.63) is 59.7 Å². The summed E-state index contributed by atoms with van der Waals surface area (Å²) >= 11 is 0. The molecule has 196 valence electrons. The molecule has 1 aliphatic carbocycles. The number of rotatable bonds is 8. The molecule has 3 rings (SSSR count). The Labute approximate surface area is 198 Å². The Hall–Kier alpha value is -3.52. The second-order valence-corrected chi connectivity index (χ2v) is 7.85. The first-order chi connectivity index (χ1) is 16.8. The fraction of sp³-hybridized carbons (Fsp3) is 0.364. The van der Waals surface area contributed by atoms with E-state index in [1.807, 2.05) is 0 Å². The minimum absolute atomic E-state index is 0.187. The molecule has 0 atom stereocenters. The zero-order chi connectivity index (χ0) is 26.7. The van der Waals surface area contributed by atoms with Crippen molar-refractivity contribution in [2.75, 3.05) is 13.2 Å². The first kappa shape index (κ1) is 27.1. The van der Waals surface area contributed by atoms with Gasteiger partial charge in [0.1, 0.15) is 11.5 Å². The highest BCUT2D eigenvalue weighted by atomic mass is 19.4. The van der Waals surface area contributed by atoms with Crippen molar-refractivity contribution >= 4 is 11.9 Å². The van der Waals surface area contributed by atoms with E-state index in [0.717, 1.165) is 0 Å². The highest BCUT2D eigenvalue weighted by Gasteiger charge is 2.60. The third-order valence-corrected chi connectivity index (χ3v) is 5.38. The second kappa shape index (κ2) is 10.6. The van der Waals surface area contributed by atoms with Crippen molar-refractivity contribution in [1.82, 2.24) is 0 Å². The van der Waals surface area contributed by atoms with Crippen molar-refractivity contribution in [3.63, 3.8) is 0 Å². The lowest BCUT2D eigenvalue weighted by Gasteiger charge is -2.48. The Bertz CT molecular complexity index is 959. The van der Waals surface area contributed by atoms with E-state index in [4.69, 9.17) is 0 Å². The van der Waals surface area contributed by atoms with Crippen LogP contribution in [-0.4, -0.2) is 47.7 Å². The summed E-state index contributed by atoms with van der Waals surface area (Å²) in [6, 6.07) is 10.0. The van der Waals surface area contributed by atoms with Gasteiger partial charge in [-0.2, -0.15) is 36.1 Å². The molecule has 0 bridgehead atoms. The lowest BCUT2D eigenvalue weighted by molar-refractivity contribution is -0.326. The monoisotopic (exact) mass is 524 g/mol. The summed E-state index contributed by atoms with van der Waals surface area (Å²) < 4.78 is 74.5. The number of hydrogen-bond donors (Lipinski definition) is 2. The molecule has 36 heavy (non-hydrogen) atoms. The summed E-state index contributed by atoms with van der Waals surface area (Å²) in [6.07, 6.45) is -9.62. The van der Waals surface area contributed by atoms with E-state index in [-0.39, 0.29) is 22.6 Å². The average Bonchev–Trinajstić information content (AvgIpc) is 2.74. The molecule has 2 aromatic rings. The molecule has 14 heteroatoms. The maximum absolute atomic E-state index is 12.8. The Kier molecular flexibility index (Phi) is 7.99. The number of phenolic OH excluding ortho intramolecular Hbond substituents is 2. The molecule has 1 fully saturated rings. The van der Waals surface area contributed by atoms with Gasteiger partial charge in [0.25, 0.3) is 0 Å². The van der Waals surface area contributed by atoms with E-state index in [0.29, 0.717) is 0 Å². The van der Waals surface area contributed by atoms with Gasteiger partial charge >= 0.3 is 24.3 Å². The van der Waals surface area contributed by atoms with Crippen LogP contribution in [0.2, 0.25) is 0 Å². The molecule has 8 nitrogen and oxygen atoms in total. The van der Waals surface area contributed by atoms with Crippen LogP contribution in [0.1, 0.15) is 23.0 Å². The number of aromatic hydroxyl groups is 2. The van der Waals surface area contributed by atoms with E-state index in [1.54, 1.807) is 0 Å². The van der Waals surface area contributed by atoms with Crippen LogP contribution in [0.25, 0.3) is 0 Å². The number of hydrogen-bond acceptors (Lipinski definition) is 8. The molecule has 0 aromatic heterocycles. The van der Waals surface area contributed by atoms with E-state index in [9.17, 15) is 46.1 Å². The molecule has 0 spiro atoms. The van der Waals surface area contributed by atoms with Gasteiger partial charge in [-0.25, -0.2) is 9.59 Å². The van der Waals surface area contributed by atoms with Crippen molar-refractivity contribution < 1.29 is 65.7 Å². The Balaban J connectivity index is 1.94. The highest BCUT2D eigenvalue weighted by molar-refractivity contribution is 5.85. The zero-order valence-electron chi connectivity index (χ0n) is 18.0. The summed E-state index contributed by atoms with van der Waals surface area (Å²) in [6.45, 7) is -3.81. The summed E-state index contributed by atoms with van der Waals surface area (Å²) in [5.41, 5.74) is 0.441. The maximum Gasteiger partial charge on any atom is 0.415 e. The number of alkyl halides is 6. The van der Waals surface area contributed by atoms with Crippen LogP contribution in [-0.2, 0) is 29.1 Å².